The first-order chi connectivity index (χ1) is 11.5. The molecule has 0 fully saturated rings. The molecule has 2 aromatic heterocycles. The van der Waals surface area contributed by atoms with E-state index in [0.29, 0.717) is 6.54 Å². The van der Waals surface area contributed by atoms with E-state index in [1.54, 1.807) is 46.8 Å². The highest BCUT2D eigenvalue weighted by Crippen LogP contribution is 2.32. The van der Waals surface area contributed by atoms with E-state index < -0.39 is 0 Å². The smallest absolute Gasteiger partial charge is 0.228 e. The fraction of sp³-hybridized carbons (Fsp3) is 0.176. The number of thiazole rings is 1. The first-order valence-corrected chi connectivity index (χ1v) is 9.74. The van der Waals surface area contributed by atoms with E-state index in [9.17, 15) is 9.18 Å². The lowest BCUT2D eigenvalue weighted by atomic mass is 10.2. The first kappa shape index (κ1) is 17.3. The third-order valence-electron chi connectivity index (χ3n) is 3.42. The van der Waals surface area contributed by atoms with Gasteiger partial charge in [0.15, 0.2) is 0 Å². The second-order valence-corrected chi connectivity index (χ2v) is 8.01. The minimum atomic E-state index is -0.275. The largest absolute Gasteiger partial charge is 0.341 e. The predicted octanol–water partition coefficient (Wildman–Crippen LogP) is 4.97. The van der Waals surface area contributed by atoms with Gasteiger partial charge in [0.05, 0.1) is 17.0 Å². The molecule has 0 aliphatic heterocycles. The number of rotatable bonds is 5. The van der Waals surface area contributed by atoms with Gasteiger partial charge in [0.2, 0.25) is 5.91 Å². The van der Waals surface area contributed by atoms with Gasteiger partial charge in [0.1, 0.15) is 10.8 Å². The highest BCUT2D eigenvalue weighted by atomic mass is 79.9. The number of thiophene rings is 1. The molecule has 7 heteroatoms. The van der Waals surface area contributed by atoms with Gasteiger partial charge >= 0.3 is 0 Å². The van der Waals surface area contributed by atoms with Crippen LogP contribution in [-0.4, -0.2) is 22.8 Å². The maximum absolute atomic E-state index is 12.9. The van der Waals surface area contributed by atoms with Crippen LogP contribution < -0.4 is 0 Å². The molecule has 1 amide bonds. The quantitative estimate of drug-likeness (QED) is 0.578. The summed E-state index contributed by atoms with van der Waals surface area (Å²) in [4.78, 5) is 19.6. The molecule has 0 N–H and O–H groups in total. The summed E-state index contributed by atoms with van der Waals surface area (Å²) in [7, 11) is 1.75. The van der Waals surface area contributed by atoms with E-state index in [-0.39, 0.29) is 18.1 Å². The van der Waals surface area contributed by atoms with Gasteiger partial charge in [-0.2, -0.15) is 0 Å². The Bertz CT molecular complexity index is 844. The summed E-state index contributed by atoms with van der Waals surface area (Å²) >= 11 is 6.60. The van der Waals surface area contributed by atoms with Crippen molar-refractivity contribution < 1.29 is 9.18 Å². The minimum absolute atomic E-state index is 0.0106. The Labute approximate surface area is 155 Å². The maximum atomic E-state index is 12.9. The van der Waals surface area contributed by atoms with Crippen molar-refractivity contribution in [1.82, 2.24) is 9.88 Å². The van der Waals surface area contributed by atoms with E-state index in [1.807, 2.05) is 16.8 Å². The first-order valence-electron chi connectivity index (χ1n) is 7.18. The zero-order valence-corrected chi connectivity index (χ0v) is 16.0. The zero-order valence-electron chi connectivity index (χ0n) is 12.8. The van der Waals surface area contributed by atoms with Crippen LogP contribution in [0.5, 0.6) is 0 Å². The van der Waals surface area contributed by atoms with Crippen LogP contribution in [-0.2, 0) is 17.8 Å². The van der Waals surface area contributed by atoms with E-state index in [2.05, 4.69) is 20.9 Å². The van der Waals surface area contributed by atoms with Crippen LogP contribution in [0.2, 0.25) is 0 Å². The molecule has 3 rings (SSSR count). The SMILES string of the molecule is CN(Cc1ccc(F)cc1)C(=O)Cc1csc(-c2cc(Br)cs2)n1. The number of halogens is 2. The number of nitrogens with zero attached hydrogens (tertiary/aromatic N) is 2. The highest BCUT2D eigenvalue weighted by Gasteiger charge is 2.14. The Balaban J connectivity index is 1.62. The molecule has 3 nitrogen and oxygen atoms in total. The van der Waals surface area contributed by atoms with Crippen LogP contribution in [0.1, 0.15) is 11.3 Å². The van der Waals surface area contributed by atoms with Crippen LogP contribution in [0.25, 0.3) is 9.88 Å². The third-order valence-corrected chi connectivity index (χ3v) is 6.17. The summed E-state index contributed by atoms with van der Waals surface area (Å²) in [5.74, 6) is -0.286. The predicted molar refractivity (Wildman–Crippen MR) is 99.7 cm³/mol. The molecule has 24 heavy (non-hydrogen) atoms. The van der Waals surface area contributed by atoms with Gasteiger partial charge in [-0.25, -0.2) is 9.37 Å². The molecule has 0 saturated heterocycles. The molecule has 0 saturated carbocycles. The van der Waals surface area contributed by atoms with E-state index in [0.717, 1.165) is 25.6 Å². The fourth-order valence-electron chi connectivity index (χ4n) is 2.17. The molecule has 0 unspecified atom stereocenters. The minimum Gasteiger partial charge on any atom is -0.341 e. The summed E-state index contributed by atoms with van der Waals surface area (Å²) in [6.07, 6.45) is 0.265. The Hall–Kier alpha value is -1.57. The van der Waals surface area contributed by atoms with E-state index in [4.69, 9.17) is 0 Å². The molecule has 0 atom stereocenters. The van der Waals surface area contributed by atoms with E-state index in [1.165, 1.54) is 12.1 Å². The fourth-order valence-corrected chi connectivity index (χ4v) is 4.50. The number of amides is 1. The third kappa shape index (κ3) is 4.28. The van der Waals surface area contributed by atoms with Crippen molar-refractivity contribution in [3.8, 4) is 9.88 Å². The molecule has 3 aromatic rings. The highest BCUT2D eigenvalue weighted by molar-refractivity contribution is 9.10. The van der Waals surface area contributed by atoms with E-state index >= 15 is 0 Å². The molecule has 0 aliphatic rings. The van der Waals surface area contributed by atoms with Crippen LogP contribution in [0.4, 0.5) is 4.39 Å². The zero-order chi connectivity index (χ0) is 17.1. The second-order valence-electron chi connectivity index (χ2n) is 5.33. The van der Waals surface area contributed by atoms with Crippen molar-refractivity contribution in [3.05, 3.63) is 62.6 Å². The summed E-state index contributed by atoms with van der Waals surface area (Å²) in [5.41, 5.74) is 1.67. The number of carbonyl (C=O) groups is 1. The monoisotopic (exact) mass is 424 g/mol. The van der Waals surface area contributed by atoms with Crippen molar-refractivity contribution in [3.63, 3.8) is 0 Å². The molecule has 1 aromatic carbocycles. The van der Waals surface area contributed by atoms with Crippen molar-refractivity contribution in [1.29, 1.82) is 0 Å². The van der Waals surface area contributed by atoms with Crippen LogP contribution in [0, 0.1) is 5.82 Å². The van der Waals surface area contributed by atoms with Crippen LogP contribution >= 0.6 is 38.6 Å². The number of likely N-dealkylation sites (N-methyl/N-ethyl adjacent to an activating group) is 1. The molecular weight excluding hydrogens is 411 g/mol. The number of benzene rings is 1. The van der Waals surface area contributed by atoms with Crippen molar-refractivity contribution in [2.45, 2.75) is 13.0 Å². The lowest BCUT2D eigenvalue weighted by Gasteiger charge is -2.16. The summed E-state index contributed by atoms with van der Waals surface area (Å²) in [6.45, 7) is 0.452. The Kier molecular flexibility index (Phi) is 5.43. The van der Waals surface area contributed by atoms with Crippen LogP contribution in [0.15, 0.2) is 45.6 Å². The second kappa shape index (κ2) is 7.55. The van der Waals surface area contributed by atoms with Crippen molar-refractivity contribution in [2.24, 2.45) is 0 Å². The van der Waals surface area contributed by atoms with Gasteiger partial charge in [0.25, 0.3) is 0 Å². The Morgan fingerprint density at radius 1 is 1.25 bits per heavy atom. The van der Waals surface area contributed by atoms with Crippen molar-refractivity contribution >= 4 is 44.5 Å². The number of hydrogen-bond acceptors (Lipinski definition) is 4. The average molecular weight is 425 g/mol. The molecule has 124 valence electrons. The number of aromatic nitrogens is 1. The Morgan fingerprint density at radius 3 is 2.67 bits per heavy atom. The summed E-state index contributed by atoms with van der Waals surface area (Å²) in [6, 6.07) is 8.21. The molecule has 0 aliphatic carbocycles. The topological polar surface area (TPSA) is 33.2 Å². The lowest BCUT2D eigenvalue weighted by molar-refractivity contribution is -0.129. The molecule has 0 spiro atoms. The number of carbonyl (C=O) groups excluding carboxylic acids is 1. The van der Waals surface area contributed by atoms with Gasteiger partial charge in [-0.3, -0.25) is 4.79 Å². The maximum Gasteiger partial charge on any atom is 0.228 e. The summed E-state index contributed by atoms with van der Waals surface area (Å²) < 4.78 is 14.0. The number of hydrogen-bond donors (Lipinski definition) is 0. The molecule has 2 heterocycles. The molecule has 0 bridgehead atoms. The normalized spacial score (nSPS) is 10.8. The van der Waals surface area contributed by atoms with Gasteiger partial charge in [-0.1, -0.05) is 12.1 Å². The van der Waals surface area contributed by atoms with Gasteiger partial charge in [0, 0.05) is 28.8 Å². The van der Waals surface area contributed by atoms with Gasteiger partial charge in [-0.05, 0) is 39.7 Å². The standard InChI is InChI=1S/C17H14BrFN2OS2/c1-21(8-11-2-4-13(19)5-3-11)16(22)7-14-10-24-17(20-14)15-6-12(18)9-23-15/h2-6,9-10H,7-8H2,1H3. The van der Waals surface area contributed by atoms with Gasteiger partial charge in [-0.15, -0.1) is 22.7 Å². The molecule has 0 radical (unpaired) electrons. The summed E-state index contributed by atoms with van der Waals surface area (Å²) in [5, 5.41) is 4.86. The molecular formula is C17H14BrFN2OS2. The van der Waals surface area contributed by atoms with Gasteiger partial charge < -0.3 is 4.90 Å². The van der Waals surface area contributed by atoms with Crippen molar-refractivity contribution in [2.75, 3.05) is 7.05 Å². The average Bonchev–Trinajstić information content (AvgIpc) is 3.18. The Morgan fingerprint density at radius 2 is 2.00 bits per heavy atom. The lowest BCUT2D eigenvalue weighted by Crippen LogP contribution is -2.27. The van der Waals surface area contributed by atoms with Crippen LogP contribution in [0.3, 0.4) is 0 Å².